The number of aromatic hydroxyl groups is 1. The number of benzene rings is 2. The topological polar surface area (TPSA) is 93.4 Å². The first-order valence-electron chi connectivity index (χ1n) is 11.8. The standard InChI is InChI=1S/C28H30F2N2O3/c1-25(2,35)22-7-5-19(6-8-22)21-4-3-20(23(33)17-21)9-10-26(11-15-28(29,30)16-12-26)24(34)32-27(18-31)13-14-27/h3-10,17,33,35H,11-16H2,1-2H3,(H,32,34)/b10-9+. The van der Waals surface area contributed by atoms with Gasteiger partial charge in [0.2, 0.25) is 11.8 Å². The Morgan fingerprint density at radius 2 is 1.63 bits per heavy atom. The maximum absolute atomic E-state index is 13.9. The van der Waals surface area contributed by atoms with E-state index in [0.717, 1.165) is 16.7 Å². The summed E-state index contributed by atoms with van der Waals surface area (Å²) in [5.74, 6) is -3.22. The summed E-state index contributed by atoms with van der Waals surface area (Å²) in [6, 6.07) is 14.6. The minimum absolute atomic E-state index is 0.00213. The number of carbonyl (C=O) groups excluding carboxylic acids is 1. The number of halogens is 2. The van der Waals surface area contributed by atoms with Crippen molar-refractivity contribution >= 4 is 12.0 Å². The molecular formula is C28H30F2N2O3. The number of hydrogen-bond donors (Lipinski definition) is 3. The zero-order valence-corrected chi connectivity index (χ0v) is 19.9. The van der Waals surface area contributed by atoms with Crippen molar-refractivity contribution in [2.75, 3.05) is 0 Å². The lowest BCUT2D eigenvalue weighted by molar-refractivity contribution is -0.135. The van der Waals surface area contributed by atoms with Gasteiger partial charge in [0.15, 0.2) is 0 Å². The van der Waals surface area contributed by atoms with E-state index in [1.165, 1.54) is 0 Å². The molecule has 0 aromatic heterocycles. The number of amides is 1. The van der Waals surface area contributed by atoms with E-state index in [-0.39, 0.29) is 18.6 Å². The lowest BCUT2D eigenvalue weighted by Gasteiger charge is -2.37. The number of hydrogen-bond acceptors (Lipinski definition) is 4. The number of carbonyl (C=O) groups is 1. The predicted molar refractivity (Wildman–Crippen MR) is 129 cm³/mol. The third-order valence-electron chi connectivity index (χ3n) is 7.18. The smallest absolute Gasteiger partial charge is 0.248 e. The van der Waals surface area contributed by atoms with Gasteiger partial charge >= 0.3 is 0 Å². The number of aliphatic hydroxyl groups is 1. The summed E-state index contributed by atoms with van der Waals surface area (Å²) in [6.45, 7) is 3.42. The molecule has 1 amide bonds. The molecule has 0 heterocycles. The Bertz CT molecular complexity index is 1180. The van der Waals surface area contributed by atoms with Gasteiger partial charge in [0.05, 0.1) is 17.1 Å². The monoisotopic (exact) mass is 480 g/mol. The van der Waals surface area contributed by atoms with Crippen LogP contribution in [0.2, 0.25) is 0 Å². The minimum Gasteiger partial charge on any atom is -0.507 e. The largest absolute Gasteiger partial charge is 0.507 e. The Morgan fingerprint density at radius 1 is 1.03 bits per heavy atom. The lowest BCUT2D eigenvalue weighted by Crippen LogP contribution is -2.48. The van der Waals surface area contributed by atoms with Crippen molar-refractivity contribution in [3.63, 3.8) is 0 Å². The molecule has 2 aliphatic rings. The van der Waals surface area contributed by atoms with Gasteiger partial charge in [-0.25, -0.2) is 8.78 Å². The van der Waals surface area contributed by atoms with Gasteiger partial charge in [-0.3, -0.25) is 4.79 Å². The third-order valence-corrected chi connectivity index (χ3v) is 7.18. The van der Waals surface area contributed by atoms with E-state index in [1.807, 2.05) is 30.3 Å². The van der Waals surface area contributed by atoms with E-state index in [4.69, 9.17) is 0 Å². The molecule has 0 bridgehead atoms. The molecule has 2 aliphatic carbocycles. The van der Waals surface area contributed by atoms with Crippen LogP contribution in [0.3, 0.4) is 0 Å². The molecule has 3 N–H and O–H groups in total. The first-order valence-corrected chi connectivity index (χ1v) is 11.8. The first-order chi connectivity index (χ1) is 16.4. The van der Waals surface area contributed by atoms with Crippen molar-refractivity contribution in [1.29, 1.82) is 5.26 Å². The van der Waals surface area contributed by atoms with Gasteiger partial charge in [0, 0.05) is 18.4 Å². The van der Waals surface area contributed by atoms with Gasteiger partial charge in [-0.2, -0.15) is 5.26 Å². The maximum Gasteiger partial charge on any atom is 0.248 e. The second kappa shape index (κ2) is 8.76. The van der Waals surface area contributed by atoms with Gasteiger partial charge in [-0.1, -0.05) is 48.6 Å². The average molecular weight is 481 g/mol. The van der Waals surface area contributed by atoms with Crippen LogP contribution in [0.25, 0.3) is 17.2 Å². The van der Waals surface area contributed by atoms with Gasteiger partial charge in [-0.15, -0.1) is 0 Å². The average Bonchev–Trinajstić information content (AvgIpc) is 3.58. The van der Waals surface area contributed by atoms with Crippen LogP contribution in [0.1, 0.15) is 63.5 Å². The van der Waals surface area contributed by atoms with E-state index in [2.05, 4.69) is 11.4 Å². The Morgan fingerprint density at radius 3 is 2.14 bits per heavy atom. The van der Waals surface area contributed by atoms with Gasteiger partial charge in [0.25, 0.3) is 0 Å². The number of nitrogens with zero attached hydrogens (tertiary/aromatic N) is 1. The highest BCUT2D eigenvalue weighted by molar-refractivity contribution is 5.87. The van der Waals surface area contributed by atoms with Crippen LogP contribution in [0, 0.1) is 16.7 Å². The molecule has 0 aliphatic heterocycles. The molecule has 0 saturated heterocycles. The second-order valence-corrected chi connectivity index (χ2v) is 10.4. The molecule has 0 atom stereocenters. The Balaban J connectivity index is 1.57. The molecule has 0 radical (unpaired) electrons. The number of nitrogens with one attached hydrogen (secondary N) is 1. The fourth-order valence-electron chi connectivity index (χ4n) is 4.45. The number of nitriles is 1. The van der Waals surface area contributed by atoms with Crippen LogP contribution in [-0.4, -0.2) is 27.6 Å². The van der Waals surface area contributed by atoms with E-state index in [9.17, 15) is 29.1 Å². The van der Waals surface area contributed by atoms with Crippen LogP contribution in [0.5, 0.6) is 5.75 Å². The quantitative estimate of drug-likeness (QED) is 0.497. The number of rotatable bonds is 6. The van der Waals surface area contributed by atoms with Crippen LogP contribution < -0.4 is 5.32 Å². The van der Waals surface area contributed by atoms with Gasteiger partial charge in [-0.05, 0) is 62.3 Å². The Hall–Kier alpha value is -3.24. The van der Waals surface area contributed by atoms with Crippen LogP contribution in [0.4, 0.5) is 8.78 Å². The summed E-state index contributed by atoms with van der Waals surface area (Å²) in [6.07, 6.45) is 3.45. The summed E-state index contributed by atoms with van der Waals surface area (Å²) in [5, 5.41) is 32.9. The Kier molecular flexibility index (Phi) is 6.23. The Labute approximate surface area is 204 Å². The van der Waals surface area contributed by atoms with Crippen molar-refractivity contribution in [3.8, 4) is 22.9 Å². The fraction of sp³-hybridized carbons (Fsp3) is 0.429. The summed E-state index contributed by atoms with van der Waals surface area (Å²) in [5.41, 5.74) is -0.123. The molecule has 7 heteroatoms. The molecular weight excluding hydrogens is 450 g/mol. The molecule has 184 valence electrons. The lowest BCUT2D eigenvalue weighted by atomic mass is 9.71. The molecule has 4 rings (SSSR count). The number of phenols is 1. The maximum atomic E-state index is 13.9. The first kappa shape index (κ1) is 24.9. The fourth-order valence-corrected chi connectivity index (χ4v) is 4.45. The van der Waals surface area contributed by atoms with Crippen LogP contribution in [0.15, 0.2) is 48.5 Å². The number of alkyl halides is 2. The SMILES string of the molecule is CC(C)(O)c1ccc(-c2ccc(/C=C/C3(C(=O)NC4(C#N)CC4)CCC(F)(F)CC3)c(O)c2)cc1. The molecule has 2 fully saturated rings. The number of phenolic OH excluding ortho intramolecular Hbond substituents is 1. The predicted octanol–water partition coefficient (Wildman–Crippen LogP) is 5.67. The van der Waals surface area contributed by atoms with Crippen molar-refractivity contribution in [2.45, 2.75) is 69.4 Å². The highest BCUT2D eigenvalue weighted by Gasteiger charge is 2.51. The highest BCUT2D eigenvalue weighted by Crippen LogP contribution is 2.46. The summed E-state index contributed by atoms with van der Waals surface area (Å²) in [7, 11) is 0. The van der Waals surface area contributed by atoms with Crippen molar-refractivity contribution in [2.24, 2.45) is 5.41 Å². The normalized spacial score (nSPS) is 20.2. The van der Waals surface area contributed by atoms with Crippen molar-refractivity contribution in [1.82, 2.24) is 5.32 Å². The zero-order valence-electron chi connectivity index (χ0n) is 19.9. The molecule has 0 unspecified atom stereocenters. The molecule has 2 aromatic rings. The molecule has 5 nitrogen and oxygen atoms in total. The summed E-state index contributed by atoms with van der Waals surface area (Å²) < 4.78 is 27.8. The molecule has 2 aromatic carbocycles. The molecule has 2 saturated carbocycles. The van der Waals surface area contributed by atoms with Crippen molar-refractivity contribution < 1.29 is 23.8 Å². The highest BCUT2D eigenvalue weighted by atomic mass is 19.3. The summed E-state index contributed by atoms with van der Waals surface area (Å²) >= 11 is 0. The van der Waals surface area contributed by atoms with E-state index >= 15 is 0 Å². The van der Waals surface area contributed by atoms with Gasteiger partial charge < -0.3 is 15.5 Å². The van der Waals surface area contributed by atoms with Crippen molar-refractivity contribution in [3.05, 3.63) is 59.7 Å². The van der Waals surface area contributed by atoms with E-state index in [1.54, 1.807) is 38.1 Å². The zero-order chi connectivity index (χ0) is 25.5. The molecule has 35 heavy (non-hydrogen) atoms. The minimum atomic E-state index is -2.81. The van der Waals surface area contributed by atoms with Crippen LogP contribution in [-0.2, 0) is 10.4 Å². The summed E-state index contributed by atoms with van der Waals surface area (Å²) in [4.78, 5) is 13.2. The van der Waals surface area contributed by atoms with Crippen LogP contribution >= 0.6 is 0 Å². The van der Waals surface area contributed by atoms with Gasteiger partial charge in [0.1, 0.15) is 11.3 Å². The van der Waals surface area contributed by atoms with E-state index in [0.29, 0.717) is 18.4 Å². The second-order valence-electron chi connectivity index (χ2n) is 10.4. The molecule has 0 spiro atoms. The van der Waals surface area contributed by atoms with E-state index < -0.39 is 41.2 Å². The third kappa shape index (κ3) is 5.38.